The van der Waals surface area contributed by atoms with Crippen LogP contribution in [0.3, 0.4) is 0 Å². The van der Waals surface area contributed by atoms with Crippen LogP contribution in [0.25, 0.3) is 0 Å². The topological polar surface area (TPSA) is 55.1 Å². The van der Waals surface area contributed by atoms with E-state index in [1.807, 2.05) is 19.1 Å². The molecule has 1 aliphatic carbocycles. The molecule has 106 valence electrons. The maximum absolute atomic E-state index is 12.1. The number of hydrogen-bond acceptors (Lipinski definition) is 2. The number of nitrogens with one attached hydrogen (secondary N) is 1. The first-order valence-corrected chi connectivity index (χ1v) is 6.76. The van der Waals surface area contributed by atoms with Gasteiger partial charge in [0.05, 0.1) is 0 Å². The molecule has 3 N–H and O–H groups in total. The summed E-state index contributed by atoms with van der Waals surface area (Å²) in [6, 6.07) is 5.74. The molecule has 2 atom stereocenters. The normalized spacial score (nSPS) is 22.5. The highest BCUT2D eigenvalue weighted by Crippen LogP contribution is 2.25. The fourth-order valence-corrected chi connectivity index (χ4v) is 2.56. The lowest BCUT2D eigenvalue weighted by molar-refractivity contribution is -0.120. The fourth-order valence-electron chi connectivity index (χ4n) is 2.38. The number of nitrogens with two attached hydrogens (primary N) is 1. The zero-order valence-corrected chi connectivity index (χ0v) is 12.6. The van der Waals surface area contributed by atoms with E-state index in [2.05, 4.69) is 5.32 Å². The molecule has 1 fully saturated rings. The first kappa shape index (κ1) is 16.3. The SMILES string of the molecule is Cc1ccc(NC(=O)C2CCCC(N)C2)cc1Cl.Cl. The smallest absolute Gasteiger partial charge is 0.227 e. The molecule has 0 aliphatic heterocycles. The Hall–Kier alpha value is -0.770. The Kier molecular flexibility index (Phi) is 6.11. The fraction of sp³-hybridized carbons (Fsp3) is 0.500. The summed E-state index contributed by atoms with van der Waals surface area (Å²) < 4.78 is 0. The van der Waals surface area contributed by atoms with Gasteiger partial charge in [0.15, 0.2) is 0 Å². The van der Waals surface area contributed by atoms with Gasteiger partial charge in [-0.2, -0.15) is 0 Å². The van der Waals surface area contributed by atoms with Crippen LogP contribution in [-0.4, -0.2) is 11.9 Å². The standard InChI is InChI=1S/C14H19ClN2O.ClH/c1-9-5-6-12(8-13(9)15)17-14(18)10-3-2-4-11(16)7-10;/h5-6,8,10-11H,2-4,7,16H2,1H3,(H,17,18);1H. The molecule has 2 rings (SSSR count). The van der Waals surface area contributed by atoms with Crippen LogP contribution in [0.1, 0.15) is 31.2 Å². The second kappa shape index (κ2) is 7.13. The van der Waals surface area contributed by atoms with Crippen molar-refractivity contribution in [2.75, 3.05) is 5.32 Å². The molecule has 3 nitrogen and oxygen atoms in total. The third-order valence-electron chi connectivity index (χ3n) is 3.52. The molecule has 5 heteroatoms. The summed E-state index contributed by atoms with van der Waals surface area (Å²) in [6.45, 7) is 1.94. The molecular weight excluding hydrogens is 283 g/mol. The maximum atomic E-state index is 12.1. The van der Waals surface area contributed by atoms with Gasteiger partial charge in [0, 0.05) is 22.7 Å². The van der Waals surface area contributed by atoms with Gasteiger partial charge < -0.3 is 11.1 Å². The van der Waals surface area contributed by atoms with Crippen LogP contribution in [0.5, 0.6) is 0 Å². The van der Waals surface area contributed by atoms with Crippen LogP contribution in [0.15, 0.2) is 18.2 Å². The Morgan fingerprint density at radius 2 is 2.16 bits per heavy atom. The van der Waals surface area contributed by atoms with E-state index in [0.717, 1.165) is 36.9 Å². The number of rotatable bonds is 2. The molecule has 1 amide bonds. The lowest BCUT2D eigenvalue weighted by atomic mass is 9.85. The van der Waals surface area contributed by atoms with E-state index in [1.54, 1.807) is 6.07 Å². The predicted molar refractivity (Wildman–Crippen MR) is 82.0 cm³/mol. The lowest BCUT2D eigenvalue weighted by Crippen LogP contribution is -2.34. The summed E-state index contributed by atoms with van der Waals surface area (Å²) in [5.74, 6) is 0.0962. The Labute approximate surface area is 125 Å². The van der Waals surface area contributed by atoms with Gasteiger partial charge in [-0.15, -0.1) is 12.4 Å². The second-order valence-electron chi connectivity index (χ2n) is 5.08. The number of anilines is 1. The highest BCUT2D eigenvalue weighted by atomic mass is 35.5. The molecular formula is C14H20Cl2N2O. The molecule has 1 aromatic carbocycles. The maximum Gasteiger partial charge on any atom is 0.227 e. The highest BCUT2D eigenvalue weighted by Gasteiger charge is 2.25. The molecule has 0 heterocycles. The summed E-state index contributed by atoms with van der Waals surface area (Å²) in [6.07, 6.45) is 3.78. The predicted octanol–water partition coefficient (Wildman–Crippen LogP) is 3.53. The van der Waals surface area contributed by atoms with E-state index in [9.17, 15) is 4.79 Å². The van der Waals surface area contributed by atoms with Crippen molar-refractivity contribution in [3.8, 4) is 0 Å². The van der Waals surface area contributed by atoms with Gasteiger partial charge in [-0.05, 0) is 43.9 Å². The van der Waals surface area contributed by atoms with Crippen molar-refractivity contribution in [2.24, 2.45) is 11.7 Å². The number of carbonyl (C=O) groups excluding carboxylic acids is 1. The Morgan fingerprint density at radius 3 is 2.79 bits per heavy atom. The highest BCUT2D eigenvalue weighted by molar-refractivity contribution is 6.31. The quantitative estimate of drug-likeness (QED) is 0.878. The van der Waals surface area contributed by atoms with E-state index in [4.69, 9.17) is 17.3 Å². The Balaban J connectivity index is 0.00000180. The monoisotopic (exact) mass is 302 g/mol. The Morgan fingerprint density at radius 1 is 1.42 bits per heavy atom. The van der Waals surface area contributed by atoms with E-state index >= 15 is 0 Å². The summed E-state index contributed by atoms with van der Waals surface area (Å²) >= 11 is 6.03. The van der Waals surface area contributed by atoms with E-state index in [0.29, 0.717) is 5.02 Å². The van der Waals surface area contributed by atoms with Crippen LogP contribution in [-0.2, 0) is 4.79 Å². The third kappa shape index (κ3) is 4.37. The van der Waals surface area contributed by atoms with Gasteiger partial charge in [0.2, 0.25) is 5.91 Å². The van der Waals surface area contributed by atoms with E-state index in [1.165, 1.54) is 0 Å². The van der Waals surface area contributed by atoms with E-state index in [-0.39, 0.29) is 30.3 Å². The van der Waals surface area contributed by atoms with Crippen molar-refractivity contribution in [1.29, 1.82) is 0 Å². The summed E-state index contributed by atoms with van der Waals surface area (Å²) in [4.78, 5) is 12.1. The summed E-state index contributed by atoms with van der Waals surface area (Å²) in [5.41, 5.74) is 7.67. The number of aryl methyl sites for hydroxylation is 1. The van der Waals surface area contributed by atoms with Crippen LogP contribution >= 0.6 is 24.0 Å². The number of amides is 1. The molecule has 0 saturated heterocycles. The minimum atomic E-state index is 0. The minimum absolute atomic E-state index is 0. The van der Waals surface area contributed by atoms with Crippen molar-refractivity contribution < 1.29 is 4.79 Å². The first-order valence-electron chi connectivity index (χ1n) is 6.39. The molecule has 0 spiro atoms. The molecule has 0 aromatic heterocycles. The number of hydrogen-bond donors (Lipinski definition) is 2. The lowest BCUT2D eigenvalue weighted by Gasteiger charge is -2.25. The minimum Gasteiger partial charge on any atom is -0.328 e. The molecule has 1 aromatic rings. The molecule has 2 unspecified atom stereocenters. The zero-order valence-electron chi connectivity index (χ0n) is 11.0. The molecule has 0 radical (unpaired) electrons. The summed E-state index contributed by atoms with van der Waals surface area (Å²) in [7, 11) is 0. The van der Waals surface area contributed by atoms with E-state index < -0.39 is 0 Å². The Bertz CT molecular complexity index is 451. The van der Waals surface area contributed by atoms with Gasteiger partial charge in [-0.25, -0.2) is 0 Å². The first-order chi connectivity index (χ1) is 8.56. The van der Waals surface area contributed by atoms with Gasteiger partial charge in [-0.1, -0.05) is 24.1 Å². The van der Waals surface area contributed by atoms with Crippen molar-refractivity contribution in [1.82, 2.24) is 0 Å². The average molecular weight is 303 g/mol. The van der Waals surface area contributed by atoms with Crippen LogP contribution in [0.4, 0.5) is 5.69 Å². The molecule has 1 saturated carbocycles. The van der Waals surface area contributed by atoms with Crippen LogP contribution in [0.2, 0.25) is 5.02 Å². The third-order valence-corrected chi connectivity index (χ3v) is 3.93. The zero-order chi connectivity index (χ0) is 13.1. The van der Waals surface area contributed by atoms with Crippen molar-refractivity contribution in [2.45, 2.75) is 38.6 Å². The van der Waals surface area contributed by atoms with Gasteiger partial charge in [0.25, 0.3) is 0 Å². The van der Waals surface area contributed by atoms with Gasteiger partial charge in [-0.3, -0.25) is 4.79 Å². The number of benzene rings is 1. The largest absolute Gasteiger partial charge is 0.328 e. The van der Waals surface area contributed by atoms with Crippen molar-refractivity contribution in [3.63, 3.8) is 0 Å². The average Bonchev–Trinajstić information content (AvgIpc) is 2.34. The van der Waals surface area contributed by atoms with Gasteiger partial charge in [0.1, 0.15) is 0 Å². The van der Waals surface area contributed by atoms with Gasteiger partial charge >= 0.3 is 0 Å². The summed E-state index contributed by atoms with van der Waals surface area (Å²) in [5, 5.41) is 3.60. The molecule has 0 bridgehead atoms. The molecule has 1 aliphatic rings. The van der Waals surface area contributed by atoms with Crippen LogP contribution < -0.4 is 11.1 Å². The second-order valence-corrected chi connectivity index (χ2v) is 5.48. The van der Waals surface area contributed by atoms with Crippen molar-refractivity contribution in [3.05, 3.63) is 28.8 Å². The number of halogens is 2. The molecule has 19 heavy (non-hydrogen) atoms. The number of carbonyl (C=O) groups is 1. The van der Waals surface area contributed by atoms with Crippen LogP contribution in [0, 0.1) is 12.8 Å². The van der Waals surface area contributed by atoms with Crippen molar-refractivity contribution >= 4 is 35.6 Å².